The molecule has 100 valence electrons. The number of carbonyl (C=O) groups is 1. The highest BCUT2D eigenvalue weighted by molar-refractivity contribution is 5.95. The van der Waals surface area contributed by atoms with Crippen molar-refractivity contribution < 1.29 is 9.18 Å². The summed E-state index contributed by atoms with van der Waals surface area (Å²) in [6.07, 6.45) is 1.37. The van der Waals surface area contributed by atoms with Gasteiger partial charge in [-0.25, -0.2) is 9.37 Å². The number of hydrogen-bond donors (Lipinski definition) is 3. The van der Waals surface area contributed by atoms with Crippen LogP contribution in [-0.4, -0.2) is 38.1 Å². The van der Waals surface area contributed by atoms with Gasteiger partial charge in [-0.3, -0.25) is 4.79 Å². The maximum absolute atomic E-state index is 13.9. The number of rotatable bonds is 5. The number of anilines is 1. The molecule has 0 spiro atoms. The molecule has 0 saturated heterocycles. The Morgan fingerprint density at radius 3 is 3.05 bits per heavy atom. The fourth-order valence-electron chi connectivity index (χ4n) is 1.42. The van der Waals surface area contributed by atoms with Gasteiger partial charge in [0.25, 0.3) is 5.91 Å². The van der Waals surface area contributed by atoms with E-state index in [1.54, 1.807) is 0 Å². The van der Waals surface area contributed by atoms with E-state index in [4.69, 9.17) is 0 Å². The maximum atomic E-state index is 13.9. The molecule has 0 aliphatic carbocycles. The van der Waals surface area contributed by atoms with Crippen molar-refractivity contribution in [1.82, 2.24) is 30.9 Å². The summed E-state index contributed by atoms with van der Waals surface area (Å²) in [5.41, 5.74) is -0.0885. The van der Waals surface area contributed by atoms with E-state index < -0.39 is 11.7 Å². The molecule has 0 fully saturated rings. The number of nitrogens with zero attached hydrogens (tertiary/aromatic N) is 4. The summed E-state index contributed by atoms with van der Waals surface area (Å²) < 4.78 is 13.9. The van der Waals surface area contributed by atoms with Crippen molar-refractivity contribution in [2.45, 2.75) is 13.5 Å². The van der Waals surface area contributed by atoms with Crippen molar-refractivity contribution in [2.24, 2.45) is 0 Å². The van der Waals surface area contributed by atoms with Crippen LogP contribution in [0.3, 0.4) is 0 Å². The van der Waals surface area contributed by atoms with Crippen LogP contribution in [0.1, 0.15) is 23.1 Å². The molecule has 0 radical (unpaired) electrons. The van der Waals surface area contributed by atoms with Gasteiger partial charge >= 0.3 is 0 Å². The second kappa shape index (κ2) is 5.85. The minimum absolute atomic E-state index is 0.0507. The Labute approximate surface area is 107 Å². The Kier molecular flexibility index (Phi) is 3.96. The zero-order valence-corrected chi connectivity index (χ0v) is 10.1. The number of nitrogens with one attached hydrogen (secondary N) is 3. The Balaban J connectivity index is 2.08. The van der Waals surface area contributed by atoms with E-state index in [1.807, 2.05) is 6.92 Å². The third-order valence-electron chi connectivity index (χ3n) is 2.27. The lowest BCUT2D eigenvalue weighted by atomic mass is 10.2. The van der Waals surface area contributed by atoms with Crippen LogP contribution >= 0.6 is 0 Å². The van der Waals surface area contributed by atoms with Gasteiger partial charge < -0.3 is 10.6 Å². The lowest BCUT2D eigenvalue weighted by Crippen LogP contribution is -2.25. The quantitative estimate of drug-likeness (QED) is 0.707. The van der Waals surface area contributed by atoms with Crippen LogP contribution in [0.15, 0.2) is 12.3 Å². The first-order chi connectivity index (χ1) is 9.22. The number of tetrazole rings is 1. The summed E-state index contributed by atoms with van der Waals surface area (Å²) in [5, 5.41) is 18.2. The van der Waals surface area contributed by atoms with Crippen molar-refractivity contribution in [3.05, 3.63) is 29.5 Å². The summed E-state index contributed by atoms with van der Waals surface area (Å²) in [5.74, 6) is -0.886. The predicted molar refractivity (Wildman–Crippen MR) is 63.7 cm³/mol. The molecule has 0 unspecified atom stereocenters. The molecular formula is C10H12FN7O. The van der Waals surface area contributed by atoms with E-state index in [2.05, 4.69) is 36.2 Å². The zero-order valence-electron chi connectivity index (χ0n) is 10.1. The summed E-state index contributed by atoms with van der Waals surface area (Å²) in [6.45, 7) is 2.38. The smallest absolute Gasteiger partial charge is 0.254 e. The predicted octanol–water partition coefficient (Wildman–Crippen LogP) is 0.0956. The molecule has 19 heavy (non-hydrogen) atoms. The van der Waals surface area contributed by atoms with E-state index in [0.717, 1.165) is 0 Å². The van der Waals surface area contributed by atoms with E-state index in [9.17, 15) is 9.18 Å². The van der Waals surface area contributed by atoms with Crippen molar-refractivity contribution in [3.63, 3.8) is 0 Å². The van der Waals surface area contributed by atoms with Gasteiger partial charge in [-0.15, -0.1) is 10.2 Å². The molecule has 0 bridgehead atoms. The van der Waals surface area contributed by atoms with Gasteiger partial charge in [0, 0.05) is 12.7 Å². The maximum Gasteiger partial charge on any atom is 0.254 e. The van der Waals surface area contributed by atoms with Crippen LogP contribution < -0.4 is 10.6 Å². The molecule has 8 nitrogen and oxygen atoms in total. The van der Waals surface area contributed by atoms with Crippen LogP contribution in [-0.2, 0) is 6.54 Å². The number of amides is 1. The molecule has 0 atom stereocenters. The van der Waals surface area contributed by atoms with Crippen molar-refractivity contribution >= 4 is 11.7 Å². The average molecular weight is 265 g/mol. The Hall–Kier alpha value is -2.58. The topological polar surface area (TPSA) is 108 Å². The summed E-state index contributed by atoms with van der Waals surface area (Å²) in [6, 6.07) is 1.31. The number of aromatic amines is 1. The van der Waals surface area contributed by atoms with Crippen molar-refractivity contribution in [2.75, 3.05) is 11.9 Å². The summed E-state index contributed by atoms with van der Waals surface area (Å²) in [4.78, 5) is 15.6. The number of halogens is 1. The molecule has 1 amide bonds. The molecule has 2 rings (SSSR count). The molecular weight excluding hydrogens is 253 g/mol. The fraction of sp³-hybridized carbons (Fsp3) is 0.300. The molecule has 2 aromatic heterocycles. The second-order valence-corrected chi connectivity index (χ2v) is 3.56. The summed E-state index contributed by atoms with van der Waals surface area (Å²) in [7, 11) is 0. The number of H-pyrrole nitrogens is 1. The number of pyridine rings is 1. The van der Waals surface area contributed by atoms with E-state index in [0.29, 0.717) is 12.4 Å². The highest BCUT2D eigenvalue weighted by atomic mass is 19.1. The molecule has 2 heterocycles. The fourth-order valence-corrected chi connectivity index (χ4v) is 1.42. The van der Waals surface area contributed by atoms with Gasteiger partial charge in [-0.1, -0.05) is 5.21 Å². The first-order valence-corrected chi connectivity index (χ1v) is 5.61. The highest BCUT2D eigenvalue weighted by Gasteiger charge is 2.15. The van der Waals surface area contributed by atoms with E-state index in [1.165, 1.54) is 12.3 Å². The SMILES string of the molecule is CCNc1nccc(C(=O)NCc2nn[nH]n2)c1F. The Bertz CT molecular complexity index is 557. The molecule has 0 aliphatic rings. The Morgan fingerprint density at radius 2 is 2.37 bits per heavy atom. The van der Waals surface area contributed by atoms with Gasteiger partial charge in [0.05, 0.1) is 12.1 Å². The molecule has 9 heteroatoms. The van der Waals surface area contributed by atoms with Gasteiger partial charge in [0.15, 0.2) is 17.5 Å². The molecule has 0 saturated carbocycles. The van der Waals surface area contributed by atoms with Crippen LogP contribution in [0.25, 0.3) is 0 Å². The minimum atomic E-state index is -0.685. The Morgan fingerprint density at radius 1 is 1.53 bits per heavy atom. The third-order valence-corrected chi connectivity index (χ3v) is 2.27. The van der Waals surface area contributed by atoms with Crippen LogP contribution in [0.4, 0.5) is 10.2 Å². The van der Waals surface area contributed by atoms with Crippen molar-refractivity contribution in [3.8, 4) is 0 Å². The van der Waals surface area contributed by atoms with Gasteiger partial charge in [-0.05, 0) is 13.0 Å². The second-order valence-electron chi connectivity index (χ2n) is 3.56. The first kappa shape index (κ1) is 12.9. The van der Waals surface area contributed by atoms with Crippen LogP contribution in [0, 0.1) is 5.82 Å². The number of hydrogen-bond acceptors (Lipinski definition) is 6. The third kappa shape index (κ3) is 3.00. The monoisotopic (exact) mass is 265 g/mol. The van der Waals surface area contributed by atoms with Gasteiger partial charge in [0.1, 0.15) is 0 Å². The largest absolute Gasteiger partial charge is 0.368 e. The number of aromatic nitrogens is 5. The first-order valence-electron chi connectivity index (χ1n) is 5.61. The average Bonchev–Trinajstić information content (AvgIpc) is 2.92. The normalized spacial score (nSPS) is 10.2. The number of carbonyl (C=O) groups excluding carboxylic acids is 1. The molecule has 0 aromatic carbocycles. The van der Waals surface area contributed by atoms with Crippen molar-refractivity contribution in [1.29, 1.82) is 0 Å². The summed E-state index contributed by atoms with van der Waals surface area (Å²) >= 11 is 0. The minimum Gasteiger partial charge on any atom is -0.368 e. The van der Waals surface area contributed by atoms with E-state index in [-0.39, 0.29) is 17.9 Å². The van der Waals surface area contributed by atoms with Gasteiger partial charge in [-0.2, -0.15) is 5.21 Å². The lowest BCUT2D eigenvalue weighted by Gasteiger charge is -2.08. The zero-order chi connectivity index (χ0) is 13.7. The van der Waals surface area contributed by atoms with Crippen LogP contribution in [0.2, 0.25) is 0 Å². The highest BCUT2D eigenvalue weighted by Crippen LogP contribution is 2.14. The van der Waals surface area contributed by atoms with E-state index >= 15 is 0 Å². The molecule has 2 aromatic rings. The standard InChI is InChI=1S/C10H12FN7O/c1-2-12-9-8(11)6(3-4-13-9)10(19)14-5-7-15-17-18-16-7/h3-4H,2,5H2,1H3,(H,12,13)(H,14,19)(H,15,16,17,18). The molecule has 0 aliphatic heterocycles. The van der Waals surface area contributed by atoms with Crippen LogP contribution in [0.5, 0.6) is 0 Å². The van der Waals surface area contributed by atoms with Gasteiger partial charge in [0.2, 0.25) is 0 Å². The lowest BCUT2D eigenvalue weighted by molar-refractivity contribution is 0.0946. The molecule has 3 N–H and O–H groups in total.